The predicted molar refractivity (Wildman–Crippen MR) is 118 cm³/mol. The SMILES string of the molecule is CCC(=O)CCCCC[C@H](NC(=O)C(=O)O)c1ncc(-c2ccc3ccccc3c2)[nH]1. The van der Waals surface area contributed by atoms with E-state index in [4.69, 9.17) is 5.11 Å². The number of unbranched alkanes of at least 4 members (excludes halogenated alkanes) is 2. The largest absolute Gasteiger partial charge is 0.474 e. The molecule has 0 saturated carbocycles. The summed E-state index contributed by atoms with van der Waals surface area (Å²) in [5, 5.41) is 13.8. The highest BCUT2D eigenvalue weighted by atomic mass is 16.4. The topological polar surface area (TPSA) is 112 Å². The van der Waals surface area contributed by atoms with Crippen molar-refractivity contribution < 1.29 is 19.5 Å². The number of nitrogens with zero attached hydrogens (tertiary/aromatic N) is 1. The molecule has 3 rings (SSSR count). The average molecular weight is 421 g/mol. The molecule has 1 amide bonds. The first-order valence-corrected chi connectivity index (χ1v) is 10.6. The highest BCUT2D eigenvalue weighted by molar-refractivity contribution is 6.31. The van der Waals surface area contributed by atoms with Gasteiger partial charge in [-0.05, 0) is 29.7 Å². The number of carbonyl (C=O) groups excluding carboxylic acids is 2. The molecule has 31 heavy (non-hydrogen) atoms. The van der Waals surface area contributed by atoms with Crippen LogP contribution in [0.3, 0.4) is 0 Å². The Balaban J connectivity index is 1.72. The van der Waals surface area contributed by atoms with Crippen LogP contribution in [0.2, 0.25) is 0 Å². The fourth-order valence-corrected chi connectivity index (χ4v) is 3.54. The Bertz CT molecular complexity index is 1070. The maximum absolute atomic E-state index is 11.8. The van der Waals surface area contributed by atoms with Crippen LogP contribution >= 0.6 is 0 Å². The van der Waals surface area contributed by atoms with E-state index in [9.17, 15) is 14.4 Å². The molecular formula is C24H27N3O4. The van der Waals surface area contributed by atoms with E-state index in [0.717, 1.165) is 41.3 Å². The highest BCUT2D eigenvalue weighted by Crippen LogP contribution is 2.25. The number of fused-ring (bicyclic) bond motifs is 1. The molecule has 0 bridgehead atoms. The summed E-state index contributed by atoms with van der Waals surface area (Å²) in [6, 6.07) is 13.6. The number of amides is 1. The van der Waals surface area contributed by atoms with E-state index >= 15 is 0 Å². The van der Waals surface area contributed by atoms with Crippen molar-refractivity contribution in [3.05, 3.63) is 54.5 Å². The van der Waals surface area contributed by atoms with Crippen molar-refractivity contribution in [2.24, 2.45) is 0 Å². The molecule has 0 aliphatic carbocycles. The molecule has 3 N–H and O–H groups in total. The van der Waals surface area contributed by atoms with Crippen molar-refractivity contribution >= 4 is 28.4 Å². The minimum Gasteiger partial charge on any atom is -0.474 e. The van der Waals surface area contributed by atoms with Gasteiger partial charge in [0.05, 0.1) is 17.9 Å². The fraction of sp³-hybridized carbons (Fsp3) is 0.333. The van der Waals surface area contributed by atoms with Gasteiger partial charge < -0.3 is 15.4 Å². The van der Waals surface area contributed by atoms with Gasteiger partial charge in [-0.1, -0.05) is 56.2 Å². The Morgan fingerprint density at radius 3 is 2.58 bits per heavy atom. The average Bonchev–Trinajstić information content (AvgIpc) is 3.27. The molecule has 162 valence electrons. The smallest absolute Gasteiger partial charge is 0.394 e. The van der Waals surface area contributed by atoms with Gasteiger partial charge in [0.2, 0.25) is 0 Å². The summed E-state index contributed by atoms with van der Waals surface area (Å²) in [4.78, 5) is 41.9. The number of H-pyrrole nitrogens is 1. The van der Waals surface area contributed by atoms with Crippen LogP contribution in [0.4, 0.5) is 0 Å². The van der Waals surface area contributed by atoms with Gasteiger partial charge in [0.1, 0.15) is 11.6 Å². The highest BCUT2D eigenvalue weighted by Gasteiger charge is 2.21. The number of aliphatic carboxylic acids is 1. The van der Waals surface area contributed by atoms with Gasteiger partial charge in [-0.3, -0.25) is 9.59 Å². The van der Waals surface area contributed by atoms with E-state index in [2.05, 4.69) is 21.4 Å². The molecule has 1 atom stereocenters. The van der Waals surface area contributed by atoms with Crippen molar-refractivity contribution in [1.82, 2.24) is 15.3 Å². The number of ketones is 1. The van der Waals surface area contributed by atoms with Crippen LogP contribution < -0.4 is 5.32 Å². The molecule has 0 radical (unpaired) electrons. The van der Waals surface area contributed by atoms with E-state index in [0.29, 0.717) is 25.1 Å². The number of hydrogen-bond donors (Lipinski definition) is 3. The molecule has 1 aromatic heterocycles. The minimum atomic E-state index is -1.53. The number of aromatic amines is 1. The number of carboxylic acid groups (broad SMARTS) is 1. The monoisotopic (exact) mass is 421 g/mol. The van der Waals surface area contributed by atoms with Crippen LogP contribution in [0.25, 0.3) is 22.0 Å². The molecule has 7 heteroatoms. The van der Waals surface area contributed by atoms with Crippen LogP contribution in [0.5, 0.6) is 0 Å². The van der Waals surface area contributed by atoms with Crippen molar-refractivity contribution in [3.8, 4) is 11.3 Å². The van der Waals surface area contributed by atoms with E-state index in [-0.39, 0.29) is 5.78 Å². The normalized spacial score (nSPS) is 11.9. The second kappa shape index (κ2) is 10.5. The van der Waals surface area contributed by atoms with Crippen LogP contribution in [0.15, 0.2) is 48.7 Å². The summed E-state index contributed by atoms with van der Waals surface area (Å²) in [6.45, 7) is 1.85. The van der Waals surface area contributed by atoms with Gasteiger partial charge in [0, 0.05) is 18.4 Å². The second-order valence-electron chi connectivity index (χ2n) is 7.57. The van der Waals surface area contributed by atoms with Gasteiger partial charge in [-0.25, -0.2) is 9.78 Å². The van der Waals surface area contributed by atoms with Gasteiger partial charge in [0.15, 0.2) is 0 Å². The summed E-state index contributed by atoms with van der Waals surface area (Å²) >= 11 is 0. The van der Waals surface area contributed by atoms with Gasteiger partial charge in [-0.2, -0.15) is 0 Å². The van der Waals surface area contributed by atoms with Crippen LogP contribution in [-0.4, -0.2) is 32.7 Å². The summed E-state index contributed by atoms with van der Waals surface area (Å²) < 4.78 is 0. The third-order valence-corrected chi connectivity index (χ3v) is 5.33. The number of hydrogen-bond acceptors (Lipinski definition) is 4. The Labute approximate surface area is 180 Å². The predicted octanol–water partition coefficient (Wildman–Crippen LogP) is 4.40. The third kappa shape index (κ3) is 6.01. The lowest BCUT2D eigenvalue weighted by Crippen LogP contribution is -2.34. The number of Topliss-reactive ketones (excluding diaryl/α,β-unsaturated/α-hetero) is 1. The number of benzene rings is 2. The van der Waals surface area contributed by atoms with Crippen molar-refractivity contribution in [2.45, 2.75) is 51.5 Å². The molecule has 1 heterocycles. The van der Waals surface area contributed by atoms with Crippen LogP contribution in [0, 0.1) is 0 Å². The Hall–Kier alpha value is -3.48. The van der Waals surface area contributed by atoms with Crippen LogP contribution in [-0.2, 0) is 14.4 Å². The van der Waals surface area contributed by atoms with E-state index in [1.54, 1.807) is 6.20 Å². The maximum Gasteiger partial charge on any atom is 0.394 e. The number of aromatic nitrogens is 2. The van der Waals surface area contributed by atoms with E-state index in [1.807, 2.05) is 43.3 Å². The molecule has 0 aliphatic rings. The summed E-state index contributed by atoms with van der Waals surface area (Å²) in [5.74, 6) is -1.83. The number of carbonyl (C=O) groups is 3. The molecule has 7 nitrogen and oxygen atoms in total. The van der Waals surface area contributed by atoms with Crippen molar-refractivity contribution in [3.63, 3.8) is 0 Å². The maximum atomic E-state index is 11.8. The van der Waals surface area contributed by atoms with Crippen LogP contribution in [0.1, 0.15) is 57.3 Å². The van der Waals surface area contributed by atoms with Gasteiger partial charge in [-0.15, -0.1) is 0 Å². The summed E-state index contributed by atoms with van der Waals surface area (Å²) in [6.07, 6.45) is 5.67. The van der Waals surface area contributed by atoms with Gasteiger partial charge in [0.25, 0.3) is 0 Å². The lowest BCUT2D eigenvalue weighted by Gasteiger charge is -2.15. The zero-order valence-electron chi connectivity index (χ0n) is 17.6. The number of carboxylic acids is 1. The number of nitrogens with one attached hydrogen (secondary N) is 2. The first kappa shape index (κ1) is 22.2. The zero-order chi connectivity index (χ0) is 22.2. The first-order valence-electron chi connectivity index (χ1n) is 10.6. The van der Waals surface area contributed by atoms with Gasteiger partial charge >= 0.3 is 11.9 Å². The standard InChI is InChI=1S/C24H27N3O4/c1-2-19(28)10-4-3-5-11-20(27-23(29)24(30)31)22-25-15-21(26-22)18-13-12-16-8-6-7-9-17(16)14-18/h6-9,12-15,20H,2-5,10-11H2,1H3,(H,25,26)(H,27,29)(H,30,31)/t20-/m0/s1. The number of imidazole rings is 1. The molecular weight excluding hydrogens is 394 g/mol. The first-order chi connectivity index (χ1) is 15.0. The molecule has 0 aliphatic heterocycles. The minimum absolute atomic E-state index is 0.238. The molecule has 0 unspecified atom stereocenters. The zero-order valence-corrected chi connectivity index (χ0v) is 17.6. The Kier molecular flexibility index (Phi) is 7.54. The van der Waals surface area contributed by atoms with E-state index < -0.39 is 17.9 Å². The van der Waals surface area contributed by atoms with E-state index in [1.165, 1.54) is 0 Å². The fourth-order valence-electron chi connectivity index (χ4n) is 3.54. The lowest BCUT2D eigenvalue weighted by atomic mass is 10.0. The second-order valence-corrected chi connectivity index (χ2v) is 7.57. The number of rotatable bonds is 10. The van der Waals surface area contributed by atoms with Crippen molar-refractivity contribution in [1.29, 1.82) is 0 Å². The summed E-state index contributed by atoms with van der Waals surface area (Å²) in [7, 11) is 0. The molecule has 3 aromatic rings. The summed E-state index contributed by atoms with van der Waals surface area (Å²) in [5.41, 5.74) is 1.75. The Morgan fingerprint density at radius 1 is 1.06 bits per heavy atom. The third-order valence-electron chi connectivity index (χ3n) is 5.33. The van der Waals surface area contributed by atoms with Crippen molar-refractivity contribution in [2.75, 3.05) is 0 Å². The lowest BCUT2D eigenvalue weighted by molar-refractivity contribution is -0.150. The Morgan fingerprint density at radius 2 is 1.84 bits per heavy atom. The molecule has 2 aromatic carbocycles. The molecule has 0 saturated heterocycles. The molecule has 0 spiro atoms. The quantitative estimate of drug-likeness (QED) is 0.332. The molecule has 0 fully saturated rings.